The summed E-state index contributed by atoms with van der Waals surface area (Å²) in [7, 11) is 0. The van der Waals surface area contributed by atoms with E-state index in [1.165, 1.54) is 52.4 Å². The molecule has 11 aromatic carbocycles. The van der Waals surface area contributed by atoms with E-state index in [2.05, 4.69) is 204 Å². The number of hydrogen-bond donors (Lipinski definition) is 0. The quantitative estimate of drug-likeness (QED) is 0.153. The highest BCUT2D eigenvalue weighted by Gasteiger charge is 2.46. The minimum Gasteiger partial charge on any atom is -0.457 e. The number of fused-ring (bicyclic) bond motifs is 14. The van der Waals surface area contributed by atoms with Gasteiger partial charge in [0.2, 0.25) is 13.4 Å². The minimum absolute atomic E-state index is 0.0530. The van der Waals surface area contributed by atoms with E-state index in [4.69, 9.17) is 18.3 Å². The van der Waals surface area contributed by atoms with E-state index in [1.54, 1.807) is 0 Å². The van der Waals surface area contributed by atoms with Gasteiger partial charge in [0, 0.05) is 99.5 Å². The van der Waals surface area contributed by atoms with Crippen LogP contribution in [-0.4, -0.2) is 13.4 Å². The van der Waals surface area contributed by atoms with Crippen molar-refractivity contribution in [1.29, 1.82) is 0 Å². The van der Waals surface area contributed by atoms with Crippen LogP contribution in [0.25, 0.3) is 43.9 Å². The zero-order valence-corrected chi connectivity index (χ0v) is 42.1. The Kier molecular flexibility index (Phi) is 9.08. The van der Waals surface area contributed by atoms with Crippen molar-refractivity contribution in [1.82, 2.24) is 0 Å². The van der Waals surface area contributed by atoms with Crippen molar-refractivity contribution in [2.75, 3.05) is 9.80 Å². The van der Waals surface area contributed by atoms with Crippen LogP contribution in [0.3, 0.4) is 0 Å². The molecule has 13 aromatic rings. The monoisotopic (exact) mass is 1010 g/mol. The van der Waals surface area contributed by atoms with E-state index in [9.17, 15) is 0 Å². The van der Waals surface area contributed by atoms with Gasteiger partial charge in [-0.05, 0) is 113 Å². The average molecular weight is 1010 g/mol. The Hall–Kier alpha value is -8.95. The molecule has 2 aromatic heterocycles. The van der Waals surface area contributed by atoms with E-state index in [0.29, 0.717) is 11.5 Å². The van der Waals surface area contributed by atoms with Crippen LogP contribution >= 0.6 is 23.5 Å². The number of benzene rings is 11. The summed E-state index contributed by atoms with van der Waals surface area (Å²) in [4.78, 5) is 9.78. The first-order valence-corrected chi connectivity index (χ1v) is 27.2. The van der Waals surface area contributed by atoms with E-state index in [1.807, 2.05) is 59.9 Å². The topological polar surface area (TPSA) is 51.2 Å². The highest BCUT2D eigenvalue weighted by Crippen LogP contribution is 2.49. The van der Waals surface area contributed by atoms with Crippen LogP contribution in [0.1, 0.15) is 0 Å². The summed E-state index contributed by atoms with van der Waals surface area (Å²) in [5, 5.41) is 4.32. The fraction of sp³-hybridized carbons (Fsp3) is 0. The second-order valence-corrected chi connectivity index (χ2v) is 22.1. The minimum atomic E-state index is -0.0530. The van der Waals surface area contributed by atoms with Crippen LogP contribution in [0, 0.1) is 0 Å². The molecule has 17 rings (SSSR count). The van der Waals surface area contributed by atoms with Gasteiger partial charge in [0.25, 0.3) is 0 Å². The zero-order valence-electron chi connectivity index (χ0n) is 40.4. The molecule has 4 aliphatic rings. The molecule has 354 valence electrons. The molecular weight excluding hydrogens is 970 g/mol. The van der Waals surface area contributed by atoms with Gasteiger partial charge in [-0.25, -0.2) is 0 Å². The van der Waals surface area contributed by atoms with E-state index >= 15 is 0 Å². The van der Waals surface area contributed by atoms with Gasteiger partial charge >= 0.3 is 0 Å². The van der Waals surface area contributed by atoms with Crippen LogP contribution in [0.15, 0.2) is 259 Å². The molecule has 0 amide bonds. The number of rotatable bonds is 6. The molecule has 0 saturated heterocycles. The molecule has 76 heavy (non-hydrogen) atoms. The van der Waals surface area contributed by atoms with Crippen molar-refractivity contribution in [2.24, 2.45) is 0 Å². The maximum atomic E-state index is 6.96. The van der Waals surface area contributed by atoms with Crippen LogP contribution in [0.2, 0.25) is 0 Å². The SMILES string of the molecule is c1ccc(N2c3cc4c(cc3B3c5ccccc5Sc5cc(Oc6ccc7c(c6)oc6ccccc67)cc2c53)B2c3ccccc3Sc3cc(Oc5ccc6c(c5)oc5ccccc56)cc(c32)N4c2ccccc2)cc1. The molecule has 0 radical (unpaired) electrons. The summed E-state index contributed by atoms with van der Waals surface area (Å²) >= 11 is 3.65. The van der Waals surface area contributed by atoms with Crippen molar-refractivity contribution >= 4 is 148 Å². The summed E-state index contributed by atoms with van der Waals surface area (Å²) in [6, 6.07) is 82.3. The Morgan fingerprint density at radius 2 is 0.724 bits per heavy atom. The Bertz CT molecular complexity index is 4310. The van der Waals surface area contributed by atoms with Gasteiger partial charge in [0.15, 0.2) is 0 Å². The largest absolute Gasteiger partial charge is 0.457 e. The summed E-state index contributed by atoms with van der Waals surface area (Å²) in [5.41, 5.74) is 17.5. The molecule has 0 unspecified atom stereocenters. The summed E-state index contributed by atoms with van der Waals surface area (Å²) < 4.78 is 26.6. The van der Waals surface area contributed by atoms with Crippen molar-refractivity contribution in [3.05, 3.63) is 231 Å². The first-order chi connectivity index (χ1) is 37.6. The highest BCUT2D eigenvalue weighted by molar-refractivity contribution is 8.00. The smallest absolute Gasteiger partial charge is 0.249 e. The Labute approximate surface area is 446 Å². The Morgan fingerprint density at radius 3 is 1.21 bits per heavy atom. The standard InChI is InChI=1S/C66H38B2N2O4S2/c1-3-15-39(16-4-1)69-53-38-54-52(37-51(53)67-49-21-9-13-25-61(49)75-63-35-43(31-55(69)65(63)67)71-41-27-29-47-45-19-7-11-23-57(45)73-59(47)33-41)68-50-22-10-14-26-62(50)76-64-36-44(32-56(66(64)68)70(54)40-17-5-2-6-18-40)72-42-28-30-48-46-20-8-12-24-58(46)74-60(48)34-42/h1-38H. The van der Waals surface area contributed by atoms with Crippen molar-refractivity contribution in [2.45, 2.75) is 19.6 Å². The third-order valence-corrected chi connectivity index (χ3v) is 17.9. The second-order valence-electron chi connectivity index (χ2n) is 19.9. The second kappa shape index (κ2) is 16.3. The first kappa shape index (κ1) is 42.4. The first-order valence-electron chi connectivity index (χ1n) is 25.6. The van der Waals surface area contributed by atoms with Crippen molar-refractivity contribution < 1.29 is 18.3 Å². The molecule has 0 fully saturated rings. The Morgan fingerprint density at radius 1 is 0.303 bits per heavy atom. The lowest BCUT2D eigenvalue weighted by atomic mass is 9.31. The molecule has 6 heterocycles. The number of ether oxygens (including phenoxy) is 2. The zero-order chi connectivity index (χ0) is 49.6. The Balaban J connectivity index is 0.883. The molecule has 4 aliphatic heterocycles. The van der Waals surface area contributed by atoms with E-state index < -0.39 is 0 Å². The number of para-hydroxylation sites is 4. The normalized spacial score (nSPS) is 13.6. The lowest BCUT2D eigenvalue weighted by molar-refractivity contribution is 0.481. The van der Waals surface area contributed by atoms with Gasteiger partial charge in [-0.3, -0.25) is 0 Å². The van der Waals surface area contributed by atoms with Crippen LogP contribution < -0.4 is 52.1 Å². The number of hydrogen-bond acceptors (Lipinski definition) is 8. The molecule has 0 N–H and O–H groups in total. The average Bonchev–Trinajstić information content (AvgIpc) is 4.18. The van der Waals surface area contributed by atoms with Gasteiger partial charge in [0.1, 0.15) is 45.3 Å². The number of nitrogens with zero attached hydrogens (tertiary/aromatic N) is 2. The van der Waals surface area contributed by atoms with Gasteiger partial charge < -0.3 is 28.1 Å². The predicted octanol–water partition coefficient (Wildman–Crippen LogP) is 14.6. The predicted molar refractivity (Wildman–Crippen MR) is 314 cm³/mol. The molecule has 0 aliphatic carbocycles. The molecular formula is C66H38B2N2O4S2. The van der Waals surface area contributed by atoms with Gasteiger partial charge in [-0.1, -0.05) is 150 Å². The summed E-state index contributed by atoms with van der Waals surface area (Å²) in [5.74, 6) is 2.95. The third kappa shape index (κ3) is 6.35. The van der Waals surface area contributed by atoms with Crippen LogP contribution in [0.4, 0.5) is 34.1 Å². The molecule has 0 spiro atoms. The van der Waals surface area contributed by atoms with Crippen LogP contribution in [-0.2, 0) is 0 Å². The molecule has 10 heteroatoms. The van der Waals surface area contributed by atoms with Gasteiger partial charge in [-0.2, -0.15) is 0 Å². The number of furan rings is 2. The van der Waals surface area contributed by atoms with E-state index in [-0.39, 0.29) is 13.4 Å². The van der Waals surface area contributed by atoms with Crippen molar-refractivity contribution in [3.8, 4) is 23.0 Å². The summed E-state index contributed by atoms with van der Waals surface area (Å²) in [6.45, 7) is -0.106. The van der Waals surface area contributed by atoms with Gasteiger partial charge in [0.05, 0.1) is 0 Å². The fourth-order valence-electron chi connectivity index (χ4n) is 12.5. The molecule has 0 bridgehead atoms. The highest BCUT2D eigenvalue weighted by atomic mass is 32.2. The lowest BCUT2D eigenvalue weighted by Gasteiger charge is -2.44. The molecule has 0 saturated carbocycles. The lowest BCUT2D eigenvalue weighted by Crippen LogP contribution is -2.64. The maximum absolute atomic E-state index is 6.96. The molecule has 6 nitrogen and oxygen atoms in total. The summed E-state index contributed by atoms with van der Waals surface area (Å²) in [6.07, 6.45) is 0. The number of anilines is 6. The van der Waals surface area contributed by atoms with E-state index in [0.717, 1.165) is 89.5 Å². The van der Waals surface area contributed by atoms with Crippen molar-refractivity contribution in [3.63, 3.8) is 0 Å². The van der Waals surface area contributed by atoms with Gasteiger partial charge in [-0.15, -0.1) is 0 Å². The third-order valence-electron chi connectivity index (χ3n) is 15.6. The molecule has 0 atom stereocenters. The fourth-order valence-corrected chi connectivity index (χ4v) is 14.9. The van der Waals surface area contributed by atoms with Crippen LogP contribution in [0.5, 0.6) is 23.0 Å². The maximum Gasteiger partial charge on any atom is 0.249 e.